The maximum atomic E-state index is 11.7. The van der Waals surface area contributed by atoms with E-state index in [0.29, 0.717) is 28.9 Å². The third-order valence-electron chi connectivity index (χ3n) is 1.86. The number of nitrogens with two attached hydrogens (primary N) is 1. The summed E-state index contributed by atoms with van der Waals surface area (Å²) >= 11 is 3.14. The van der Waals surface area contributed by atoms with Gasteiger partial charge in [-0.2, -0.15) is 0 Å². The van der Waals surface area contributed by atoms with Crippen LogP contribution in [0.3, 0.4) is 0 Å². The normalized spacial score (nSPS) is 11.0. The molecular weight excluding hydrogens is 250 g/mol. The van der Waals surface area contributed by atoms with Gasteiger partial charge in [0.2, 0.25) is 5.71 Å². The molecule has 2 N–H and O–H groups in total. The van der Waals surface area contributed by atoms with Crippen molar-refractivity contribution in [3.63, 3.8) is 0 Å². The van der Waals surface area contributed by atoms with E-state index in [-0.39, 0.29) is 5.56 Å². The molecule has 2 aromatic rings. The molecular formula is C8H8BrN3O2. The molecule has 0 amide bonds. The van der Waals surface area contributed by atoms with Crippen LogP contribution in [0, 0.1) is 0 Å². The van der Waals surface area contributed by atoms with E-state index in [4.69, 9.17) is 10.2 Å². The van der Waals surface area contributed by atoms with E-state index in [0.717, 1.165) is 0 Å². The number of hydrogen-bond donors (Lipinski definition) is 1. The molecule has 14 heavy (non-hydrogen) atoms. The van der Waals surface area contributed by atoms with Crippen molar-refractivity contribution >= 4 is 27.0 Å². The van der Waals surface area contributed by atoms with Crippen molar-refractivity contribution in [1.82, 2.24) is 9.55 Å². The summed E-state index contributed by atoms with van der Waals surface area (Å²) in [4.78, 5) is 15.7. The number of rotatable bonds is 2. The van der Waals surface area contributed by atoms with E-state index in [1.807, 2.05) is 0 Å². The van der Waals surface area contributed by atoms with Gasteiger partial charge in [0, 0.05) is 19.2 Å². The van der Waals surface area contributed by atoms with Gasteiger partial charge < -0.3 is 10.2 Å². The second kappa shape index (κ2) is 3.55. The lowest BCUT2D eigenvalue weighted by Crippen LogP contribution is -2.23. The van der Waals surface area contributed by atoms with Crippen molar-refractivity contribution in [1.29, 1.82) is 0 Å². The van der Waals surface area contributed by atoms with Crippen LogP contribution in [0.5, 0.6) is 0 Å². The summed E-state index contributed by atoms with van der Waals surface area (Å²) in [7, 11) is 0. The van der Waals surface area contributed by atoms with E-state index >= 15 is 0 Å². The second-order valence-corrected chi connectivity index (χ2v) is 3.58. The Hall–Kier alpha value is -1.14. The zero-order valence-electron chi connectivity index (χ0n) is 7.24. The third-order valence-corrected chi connectivity index (χ3v) is 2.25. The number of hydrogen-bond acceptors (Lipinski definition) is 4. The Morgan fingerprint density at radius 3 is 3.14 bits per heavy atom. The Morgan fingerprint density at radius 2 is 2.43 bits per heavy atom. The van der Waals surface area contributed by atoms with E-state index in [1.165, 1.54) is 10.9 Å². The topological polar surface area (TPSA) is 74.1 Å². The van der Waals surface area contributed by atoms with E-state index in [9.17, 15) is 4.79 Å². The first kappa shape index (κ1) is 9.42. The summed E-state index contributed by atoms with van der Waals surface area (Å²) < 4.78 is 7.11. The highest BCUT2D eigenvalue weighted by atomic mass is 79.9. The van der Waals surface area contributed by atoms with Gasteiger partial charge in [-0.1, -0.05) is 0 Å². The van der Waals surface area contributed by atoms with Crippen LogP contribution >= 0.6 is 15.9 Å². The molecule has 5 nitrogen and oxygen atoms in total. The summed E-state index contributed by atoms with van der Waals surface area (Å²) in [5.74, 6) is 0. The number of halogens is 1. The molecule has 6 heteroatoms. The van der Waals surface area contributed by atoms with Crippen molar-refractivity contribution in [3.8, 4) is 0 Å². The monoisotopic (exact) mass is 257 g/mol. The summed E-state index contributed by atoms with van der Waals surface area (Å²) in [6.07, 6.45) is 1.44. The van der Waals surface area contributed by atoms with Crippen molar-refractivity contribution < 1.29 is 4.42 Å². The lowest BCUT2D eigenvalue weighted by molar-refractivity contribution is 0.570. The average Bonchev–Trinajstić information content (AvgIpc) is 2.52. The van der Waals surface area contributed by atoms with Crippen LogP contribution in [0.1, 0.15) is 0 Å². The molecule has 0 bridgehead atoms. The van der Waals surface area contributed by atoms with Crippen molar-refractivity contribution in [2.45, 2.75) is 6.54 Å². The first-order chi connectivity index (χ1) is 6.72. The highest BCUT2D eigenvalue weighted by Crippen LogP contribution is 2.18. The smallest absolute Gasteiger partial charge is 0.264 e. The van der Waals surface area contributed by atoms with Crippen LogP contribution in [0.25, 0.3) is 11.1 Å². The minimum absolute atomic E-state index is 0.130. The molecule has 0 saturated carbocycles. The minimum Gasteiger partial charge on any atom is -0.431 e. The lowest BCUT2D eigenvalue weighted by atomic mass is 10.4. The predicted molar refractivity (Wildman–Crippen MR) is 55.0 cm³/mol. The van der Waals surface area contributed by atoms with Gasteiger partial charge in [0.25, 0.3) is 5.56 Å². The minimum atomic E-state index is -0.130. The summed E-state index contributed by atoms with van der Waals surface area (Å²) in [5.41, 5.74) is 5.57. The fourth-order valence-electron chi connectivity index (χ4n) is 1.23. The Morgan fingerprint density at radius 1 is 1.64 bits per heavy atom. The SMILES string of the molecule is NCCn1cnc2oc(Br)cc2c1=O. The zero-order valence-corrected chi connectivity index (χ0v) is 8.82. The number of fused-ring (bicyclic) bond motifs is 1. The van der Waals surface area contributed by atoms with E-state index in [2.05, 4.69) is 20.9 Å². The molecule has 0 spiro atoms. The molecule has 2 heterocycles. The number of furan rings is 1. The Bertz CT molecular complexity index is 517. The molecule has 0 aliphatic heterocycles. The number of nitrogens with zero attached hydrogens (tertiary/aromatic N) is 2. The van der Waals surface area contributed by atoms with Crippen LogP contribution in [0.2, 0.25) is 0 Å². The maximum Gasteiger partial charge on any atom is 0.264 e. The molecule has 0 saturated heterocycles. The Kier molecular flexibility index (Phi) is 2.39. The largest absolute Gasteiger partial charge is 0.431 e. The molecule has 0 unspecified atom stereocenters. The maximum absolute atomic E-state index is 11.7. The molecule has 0 radical (unpaired) electrons. The van der Waals surface area contributed by atoms with Crippen molar-refractivity contribution in [2.24, 2.45) is 5.73 Å². The van der Waals surface area contributed by atoms with Crippen LogP contribution < -0.4 is 11.3 Å². The summed E-state index contributed by atoms with van der Waals surface area (Å²) in [5, 5.41) is 0.466. The Labute approximate surface area is 87.7 Å². The molecule has 0 aromatic carbocycles. The van der Waals surface area contributed by atoms with Crippen LogP contribution in [0.4, 0.5) is 0 Å². The summed E-state index contributed by atoms with van der Waals surface area (Å²) in [6, 6.07) is 1.61. The second-order valence-electron chi connectivity index (χ2n) is 2.80. The van der Waals surface area contributed by atoms with Gasteiger partial charge in [-0.15, -0.1) is 0 Å². The highest BCUT2D eigenvalue weighted by Gasteiger charge is 2.08. The Balaban J connectivity index is 2.68. The quantitative estimate of drug-likeness (QED) is 0.860. The van der Waals surface area contributed by atoms with E-state index < -0.39 is 0 Å². The average molecular weight is 258 g/mol. The fraction of sp³-hybridized carbons (Fsp3) is 0.250. The molecule has 0 aliphatic carbocycles. The molecule has 2 aromatic heterocycles. The van der Waals surface area contributed by atoms with Gasteiger partial charge in [-0.25, -0.2) is 4.98 Å². The number of aromatic nitrogens is 2. The highest BCUT2D eigenvalue weighted by molar-refractivity contribution is 9.10. The van der Waals surface area contributed by atoms with Crippen LogP contribution in [-0.4, -0.2) is 16.1 Å². The molecule has 0 aliphatic rings. The van der Waals surface area contributed by atoms with Crippen LogP contribution in [-0.2, 0) is 6.54 Å². The van der Waals surface area contributed by atoms with Gasteiger partial charge in [-0.3, -0.25) is 9.36 Å². The summed E-state index contributed by atoms with van der Waals surface area (Å²) in [6.45, 7) is 0.872. The predicted octanol–water partition coefficient (Wildman–Crippen LogP) is 0.711. The first-order valence-corrected chi connectivity index (χ1v) is 4.86. The van der Waals surface area contributed by atoms with Crippen LogP contribution in [0.15, 0.2) is 26.3 Å². The zero-order chi connectivity index (χ0) is 10.1. The standard InChI is InChI=1S/C8H8BrN3O2/c9-6-3-5-7(14-6)11-4-12(2-1-10)8(5)13/h3-4H,1-2,10H2. The third kappa shape index (κ3) is 1.46. The van der Waals surface area contributed by atoms with Crippen molar-refractivity contribution in [3.05, 3.63) is 27.4 Å². The molecule has 0 atom stereocenters. The molecule has 0 fully saturated rings. The van der Waals surface area contributed by atoms with E-state index in [1.54, 1.807) is 6.07 Å². The lowest BCUT2D eigenvalue weighted by Gasteiger charge is -2.00. The van der Waals surface area contributed by atoms with Gasteiger partial charge in [-0.05, 0) is 15.9 Å². The van der Waals surface area contributed by atoms with Crippen molar-refractivity contribution in [2.75, 3.05) is 6.54 Å². The molecule has 2 rings (SSSR count). The van der Waals surface area contributed by atoms with Gasteiger partial charge >= 0.3 is 0 Å². The molecule has 74 valence electrons. The van der Waals surface area contributed by atoms with Gasteiger partial charge in [0.05, 0.1) is 0 Å². The van der Waals surface area contributed by atoms with Gasteiger partial charge in [0.1, 0.15) is 11.7 Å². The fourth-order valence-corrected chi connectivity index (χ4v) is 1.61. The van der Waals surface area contributed by atoms with Gasteiger partial charge in [0.15, 0.2) is 4.67 Å². The first-order valence-electron chi connectivity index (χ1n) is 4.07.